The summed E-state index contributed by atoms with van der Waals surface area (Å²) in [7, 11) is -3.50. The molecule has 1 heterocycles. The van der Waals surface area contributed by atoms with E-state index < -0.39 is 15.9 Å². The summed E-state index contributed by atoms with van der Waals surface area (Å²) in [6.45, 7) is 0. The van der Waals surface area contributed by atoms with E-state index in [0.717, 1.165) is 17.6 Å². The third kappa shape index (κ3) is 4.07. The van der Waals surface area contributed by atoms with Crippen molar-refractivity contribution in [2.75, 3.05) is 16.3 Å². The van der Waals surface area contributed by atoms with Gasteiger partial charge in [-0.15, -0.1) is 4.91 Å². The number of hydrogen-bond acceptors (Lipinski definition) is 6. The monoisotopic (exact) mass is 327 g/mol. The van der Waals surface area contributed by atoms with Gasteiger partial charge in [-0.05, 0) is 28.6 Å². The first-order valence-electron chi connectivity index (χ1n) is 5.62. The minimum absolute atomic E-state index is 0.158. The van der Waals surface area contributed by atoms with Crippen molar-refractivity contribution in [1.29, 1.82) is 0 Å². The van der Waals surface area contributed by atoms with Crippen LogP contribution in [-0.2, 0) is 10.0 Å². The molecule has 0 saturated heterocycles. The van der Waals surface area contributed by atoms with Crippen LogP contribution in [0.25, 0.3) is 0 Å². The molecule has 0 saturated carbocycles. The van der Waals surface area contributed by atoms with E-state index in [9.17, 15) is 18.1 Å². The number of carbonyl (C=O) groups excluding carboxylic acids is 1. The van der Waals surface area contributed by atoms with E-state index in [2.05, 4.69) is 20.2 Å². The Morgan fingerprint density at radius 3 is 2.67 bits per heavy atom. The Morgan fingerprint density at radius 2 is 2.05 bits per heavy atom. The minimum atomic E-state index is -3.50. The minimum Gasteiger partial charge on any atom is -0.283 e. The number of nitroso groups, excluding NO2 is 1. The molecule has 0 spiro atoms. The molecule has 8 nitrogen and oxygen atoms in total. The van der Waals surface area contributed by atoms with Crippen LogP contribution >= 0.6 is 11.3 Å². The predicted octanol–water partition coefficient (Wildman–Crippen LogP) is 1.58. The lowest BCUT2D eigenvalue weighted by Crippen LogP contribution is -2.19. The number of nitrogens with zero attached hydrogens (tertiary/aromatic N) is 1. The van der Waals surface area contributed by atoms with E-state index in [0.29, 0.717) is 5.13 Å². The van der Waals surface area contributed by atoms with Gasteiger partial charge in [-0.25, -0.2) is 18.2 Å². The first kappa shape index (κ1) is 15.1. The van der Waals surface area contributed by atoms with Gasteiger partial charge < -0.3 is 0 Å². The zero-order chi connectivity index (χ0) is 15.5. The van der Waals surface area contributed by atoms with E-state index in [-0.39, 0.29) is 16.3 Å². The summed E-state index contributed by atoms with van der Waals surface area (Å²) in [6, 6.07) is 6.18. The van der Waals surface area contributed by atoms with E-state index >= 15 is 0 Å². The zero-order valence-corrected chi connectivity index (χ0v) is 12.4. The second-order valence-electron chi connectivity index (χ2n) is 4.02. The summed E-state index contributed by atoms with van der Waals surface area (Å²) in [5.74, 6) is -0.516. The number of nitrogens with one attached hydrogen (secondary N) is 3. The maximum atomic E-state index is 12.2. The highest BCUT2D eigenvalue weighted by atomic mass is 32.2. The number of sulfonamides is 1. The number of rotatable bonds is 5. The van der Waals surface area contributed by atoms with Crippen molar-refractivity contribution in [2.45, 2.75) is 0 Å². The van der Waals surface area contributed by atoms with E-state index in [4.69, 9.17) is 0 Å². The predicted molar refractivity (Wildman–Crippen MR) is 79.2 cm³/mol. The summed E-state index contributed by atoms with van der Waals surface area (Å²) in [5, 5.41) is 5.77. The van der Waals surface area contributed by atoms with Crippen LogP contribution in [0.3, 0.4) is 0 Å². The number of para-hydroxylation sites is 1. The number of H-pyrrole nitrogens is 1. The molecule has 1 amide bonds. The van der Waals surface area contributed by atoms with Crippen LogP contribution < -0.4 is 15.0 Å². The second-order valence-corrected chi connectivity index (χ2v) is 6.80. The van der Waals surface area contributed by atoms with Crippen molar-refractivity contribution < 1.29 is 18.2 Å². The highest BCUT2D eigenvalue weighted by Crippen LogP contribution is 2.24. The lowest BCUT2D eigenvalue weighted by atomic mass is 10.2. The Kier molecular flexibility index (Phi) is 4.29. The first-order chi connectivity index (χ1) is 9.89. The molecule has 0 atom stereocenters. The Hall–Kier alpha value is -2.33. The van der Waals surface area contributed by atoms with Crippen molar-refractivity contribution in [1.82, 2.24) is 0 Å². The third-order valence-corrected chi connectivity index (χ3v) is 3.73. The van der Waals surface area contributed by atoms with E-state index in [1.54, 1.807) is 12.1 Å². The Labute approximate surface area is 124 Å². The Morgan fingerprint density at radius 1 is 1.33 bits per heavy atom. The number of amides is 1. The number of thiazole rings is 1. The van der Waals surface area contributed by atoms with Gasteiger partial charge >= 0.3 is 11.0 Å². The molecule has 3 N–H and O–H groups in total. The van der Waals surface area contributed by atoms with Gasteiger partial charge in [-0.3, -0.25) is 4.72 Å². The molecule has 110 valence electrons. The maximum Gasteiger partial charge on any atom is 0.341 e. The number of carbonyl (C=O) groups is 1. The fourth-order valence-electron chi connectivity index (χ4n) is 1.54. The molecule has 0 aliphatic carbocycles. The van der Waals surface area contributed by atoms with Gasteiger partial charge in [0.15, 0.2) is 0 Å². The van der Waals surface area contributed by atoms with E-state index in [1.165, 1.54) is 18.3 Å². The summed E-state index contributed by atoms with van der Waals surface area (Å²) in [4.78, 5) is 25.2. The Balaban J connectivity index is 2.24. The second kappa shape index (κ2) is 5.97. The van der Waals surface area contributed by atoms with E-state index in [1.807, 2.05) is 0 Å². The summed E-state index contributed by atoms with van der Waals surface area (Å²) >= 11 is 0.970. The lowest BCUT2D eigenvalue weighted by Gasteiger charge is -2.07. The van der Waals surface area contributed by atoms with Crippen LogP contribution in [0.2, 0.25) is 0 Å². The molecule has 2 rings (SSSR count). The highest BCUT2D eigenvalue weighted by Gasteiger charge is 2.20. The molecule has 2 aromatic rings. The molecule has 0 aliphatic heterocycles. The topological polar surface area (TPSA) is 119 Å². The van der Waals surface area contributed by atoms with Crippen LogP contribution in [0.4, 0.5) is 15.8 Å². The zero-order valence-electron chi connectivity index (χ0n) is 10.8. The first-order valence-corrected chi connectivity index (χ1v) is 8.33. The molecule has 0 bridgehead atoms. The van der Waals surface area contributed by atoms with Gasteiger partial charge in [-0.1, -0.05) is 12.1 Å². The normalized spacial score (nSPS) is 10.9. The SMILES string of the molecule is CS(=O)(=O)Nc1ccccc1C(=O)Nc1[nH+]cc(N=O)s1. The molecule has 0 unspecified atom stereocenters. The molecule has 21 heavy (non-hydrogen) atoms. The molecular formula is C11H11N4O4S2+. The average Bonchev–Trinajstić information content (AvgIpc) is 2.85. The summed E-state index contributed by atoms with van der Waals surface area (Å²) in [5.41, 5.74) is 0.327. The quantitative estimate of drug-likeness (QED) is 0.810. The van der Waals surface area contributed by atoms with Crippen LogP contribution in [0.1, 0.15) is 10.4 Å². The number of benzene rings is 1. The molecule has 0 fully saturated rings. The van der Waals surface area contributed by atoms with Crippen LogP contribution in [0.15, 0.2) is 35.6 Å². The van der Waals surface area contributed by atoms with Crippen molar-refractivity contribution >= 4 is 43.1 Å². The molecular weight excluding hydrogens is 316 g/mol. The standard InChI is InChI=1S/C11H10N4O4S2/c1-21(18,19)15-8-5-3-2-4-7(8)10(16)13-11-12-6-9(14-17)20-11/h2-6,15H,1H3,(H,12,13,16)/p+1. The van der Waals surface area contributed by atoms with Crippen LogP contribution in [0, 0.1) is 4.91 Å². The molecule has 10 heteroatoms. The smallest absolute Gasteiger partial charge is 0.283 e. The maximum absolute atomic E-state index is 12.2. The molecule has 0 radical (unpaired) electrons. The van der Waals surface area contributed by atoms with Crippen LogP contribution in [-0.4, -0.2) is 20.6 Å². The third-order valence-electron chi connectivity index (χ3n) is 2.32. The molecule has 0 aliphatic rings. The van der Waals surface area contributed by atoms with Crippen molar-refractivity contribution in [3.63, 3.8) is 0 Å². The summed E-state index contributed by atoms with van der Waals surface area (Å²) in [6.07, 6.45) is 2.35. The number of hydrogen-bond donors (Lipinski definition) is 2. The van der Waals surface area contributed by atoms with Crippen molar-refractivity contribution in [2.24, 2.45) is 5.18 Å². The number of aromatic nitrogens is 1. The van der Waals surface area contributed by atoms with Gasteiger partial charge in [-0.2, -0.15) is 5.32 Å². The number of aromatic amines is 1. The lowest BCUT2D eigenvalue weighted by molar-refractivity contribution is -0.353. The summed E-state index contributed by atoms with van der Waals surface area (Å²) < 4.78 is 24.8. The van der Waals surface area contributed by atoms with Crippen molar-refractivity contribution in [3.8, 4) is 0 Å². The average molecular weight is 327 g/mol. The molecule has 1 aromatic heterocycles. The molecule has 1 aromatic carbocycles. The van der Waals surface area contributed by atoms with Gasteiger partial charge in [0.05, 0.1) is 17.5 Å². The van der Waals surface area contributed by atoms with Gasteiger partial charge in [0.25, 0.3) is 0 Å². The van der Waals surface area contributed by atoms with Gasteiger partial charge in [0, 0.05) is 0 Å². The van der Waals surface area contributed by atoms with Crippen molar-refractivity contribution in [3.05, 3.63) is 40.9 Å². The Bertz CT molecular complexity index is 785. The highest BCUT2D eigenvalue weighted by molar-refractivity contribution is 7.92. The van der Waals surface area contributed by atoms with Gasteiger partial charge in [0.2, 0.25) is 15.0 Å². The number of anilines is 2. The van der Waals surface area contributed by atoms with Gasteiger partial charge in [0.1, 0.15) is 6.20 Å². The fourth-order valence-corrected chi connectivity index (χ4v) is 2.74. The fraction of sp³-hybridized carbons (Fsp3) is 0.0909. The van der Waals surface area contributed by atoms with Crippen LogP contribution in [0.5, 0.6) is 0 Å². The largest absolute Gasteiger partial charge is 0.341 e.